The van der Waals surface area contributed by atoms with E-state index in [0.717, 1.165) is 74.0 Å². The third-order valence-electron chi connectivity index (χ3n) is 14.7. The van der Waals surface area contributed by atoms with E-state index in [4.69, 9.17) is 28.4 Å². The molecule has 3 rings (SSSR count). The number of hydrogen-bond acceptors (Lipinski definition) is 8. The van der Waals surface area contributed by atoms with E-state index in [-0.39, 0.29) is 45.1 Å². The molecule has 8 heteroatoms. The van der Waals surface area contributed by atoms with Gasteiger partial charge in [-0.2, -0.15) is 0 Å². The fourth-order valence-corrected chi connectivity index (χ4v) is 8.03. The third-order valence-corrected chi connectivity index (χ3v) is 14.7. The Bertz CT molecular complexity index is 1670. The molecular formula is C58H94O8. The average Bonchev–Trinajstić information content (AvgIpc) is 3.20. The molecule has 0 saturated carbocycles. The van der Waals surface area contributed by atoms with Crippen LogP contribution in [0.2, 0.25) is 0 Å². The van der Waals surface area contributed by atoms with E-state index in [1.54, 1.807) is 0 Å². The summed E-state index contributed by atoms with van der Waals surface area (Å²) in [6.45, 7) is 37.2. The summed E-state index contributed by atoms with van der Waals surface area (Å²) < 4.78 is 38.3. The summed E-state index contributed by atoms with van der Waals surface area (Å²) in [5, 5.41) is 21.9. The zero-order valence-corrected chi connectivity index (χ0v) is 44.5. The van der Waals surface area contributed by atoms with Gasteiger partial charge in [0.05, 0.1) is 60.0 Å². The van der Waals surface area contributed by atoms with E-state index >= 15 is 0 Å². The van der Waals surface area contributed by atoms with Crippen LogP contribution in [0, 0.1) is 10.8 Å². The number of rotatable bonds is 32. The van der Waals surface area contributed by atoms with Crippen molar-refractivity contribution in [1.29, 1.82) is 0 Å². The van der Waals surface area contributed by atoms with Crippen molar-refractivity contribution in [1.82, 2.24) is 0 Å². The van der Waals surface area contributed by atoms with Gasteiger partial charge in [0.15, 0.2) is 0 Å². The van der Waals surface area contributed by atoms with Crippen LogP contribution in [0.3, 0.4) is 0 Å². The molecule has 0 aliphatic carbocycles. The van der Waals surface area contributed by atoms with Gasteiger partial charge in [-0.05, 0) is 143 Å². The van der Waals surface area contributed by atoms with Crippen LogP contribution in [0.25, 0.3) is 0 Å². The van der Waals surface area contributed by atoms with E-state index < -0.39 is 11.2 Å². The van der Waals surface area contributed by atoms with Crippen molar-refractivity contribution >= 4 is 0 Å². The Kier molecular flexibility index (Phi) is 21.3. The second kappa shape index (κ2) is 24.5. The smallest absolute Gasteiger partial charge is 0.122 e. The standard InChI is InChI=1S/C58H94O8/c1-51(2,57(13,14)65-43-49(55(9,10)59)45-28-19-17-20-29-45)34-23-25-38-63-53(5,6)36-40-61-47-32-27-33-48(42-47)62-41-37-54(7,8)64-39-26-24-35-52(3,4)58(15,16)66-44-50(56(11,12)60)46-30-21-18-22-31-46/h17-22,27-33,42,49-50,59-60H,23-26,34-41,43-44H2,1-16H3. The molecule has 2 atom stereocenters. The summed E-state index contributed by atoms with van der Waals surface area (Å²) in [6, 6.07) is 28.2. The molecule has 66 heavy (non-hydrogen) atoms. The zero-order chi connectivity index (χ0) is 49.5. The van der Waals surface area contributed by atoms with Crippen molar-refractivity contribution in [3.05, 3.63) is 96.1 Å². The highest BCUT2D eigenvalue weighted by Gasteiger charge is 2.41. The highest BCUT2D eigenvalue weighted by Crippen LogP contribution is 2.42. The van der Waals surface area contributed by atoms with Gasteiger partial charge in [0.25, 0.3) is 0 Å². The van der Waals surface area contributed by atoms with Crippen LogP contribution in [-0.2, 0) is 18.9 Å². The molecule has 0 aliphatic heterocycles. The van der Waals surface area contributed by atoms with Crippen LogP contribution in [0.4, 0.5) is 0 Å². The lowest BCUT2D eigenvalue weighted by molar-refractivity contribution is -0.121. The molecule has 0 saturated heterocycles. The summed E-state index contributed by atoms with van der Waals surface area (Å²) in [7, 11) is 0. The van der Waals surface area contributed by atoms with Crippen LogP contribution in [0.5, 0.6) is 11.5 Å². The van der Waals surface area contributed by atoms with Gasteiger partial charge in [0.2, 0.25) is 0 Å². The molecule has 0 amide bonds. The van der Waals surface area contributed by atoms with E-state index in [2.05, 4.69) is 107 Å². The first-order chi connectivity index (χ1) is 30.5. The van der Waals surface area contributed by atoms with E-state index in [1.165, 1.54) is 0 Å². The molecule has 3 aromatic carbocycles. The van der Waals surface area contributed by atoms with Crippen LogP contribution >= 0.6 is 0 Å². The van der Waals surface area contributed by atoms with Crippen LogP contribution < -0.4 is 9.47 Å². The van der Waals surface area contributed by atoms with Crippen molar-refractivity contribution in [2.75, 3.05) is 39.6 Å². The first-order valence-corrected chi connectivity index (χ1v) is 24.9. The second-order valence-electron chi connectivity index (χ2n) is 23.4. The summed E-state index contributed by atoms with van der Waals surface area (Å²) in [6.07, 6.45) is 7.55. The van der Waals surface area contributed by atoms with E-state index in [1.807, 2.05) is 88.4 Å². The predicted molar refractivity (Wildman–Crippen MR) is 273 cm³/mol. The van der Waals surface area contributed by atoms with Crippen molar-refractivity contribution in [3.8, 4) is 11.5 Å². The SMILES string of the molecule is CC(C)(CCOc1cccc(OCCC(C)(C)OCCCCC(C)(C)C(C)(C)OCC(c2ccccc2)C(C)(C)O)c1)OCCCCC(C)(C)C(C)(C)OCC(c1ccccc1)C(C)(C)O. The quantitative estimate of drug-likeness (QED) is 0.0598. The zero-order valence-electron chi connectivity index (χ0n) is 44.5. The van der Waals surface area contributed by atoms with Crippen molar-refractivity contribution in [3.63, 3.8) is 0 Å². The topological polar surface area (TPSA) is 95.8 Å². The normalized spacial score (nSPS) is 14.6. The Morgan fingerprint density at radius 2 is 0.742 bits per heavy atom. The Labute approximate surface area is 402 Å². The summed E-state index contributed by atoms with van der Waals surface area (Å²) in [5.41, 5.74) is -1.12. The highest BCUT2D eigenvalue weighted by atomic mass is 16.5. The predicted octanol–water partition coefficient (Wildman–Crippen LogP) is 13.9. The van der Waals surface area contributed by atoms with Crippen molar-refractivity contribution < 1.29 is 38.6 Å². The minimum absolute atomic E-state index is 0.0678. The molecule has 374 valence electrons. The minimum atomic E-state index is -0.893. The highest BCUT2D eigenvalue weighted by molar-refractivity contribution is 5.33. The van der Waals surface area contributed by atoms with Gasteiger partial charge in [-0.3, -0.25) is 0 Å². The van der Waals surface area contributed by atoms with Gasteiger partial charge < -0.3 is 38.6 Å². The Morgan fingerprint density at radius 1 is 0.394 bits per heavy atom. The fourth-order valence-electron chi connectivity index (χ4n) is 8.03. The van der Waals surface area contributed by atoms with Crippen LogP contribution in [0.15, 0.2) is 84.9 Å². The van der Waals surface area contributed by atoms with Gasteiger partial charge >= 0.3 is 0 Å². The Balaban J connectivity index is 1.32. The van der Waals surface area contributed by atoms with Crippen molar-refractivity contribution in [2.24, 2.45) is 10.8 Å². The monoisotopic (exact) mass is 919 g/mol. The number of aliphatic hydroxyl groups is 2. The van der Waals surface area contributed by atoms with E-state index in [0.29, 0.717) is 39.6 Å². The third kappa shape index (κ3) is 19.2. The maximum Gasteiger partial charge on any atom is 0.122 e. The van der Waals surface area contributed by atoms with Crippen molar-refractivity contribution in [2.45, 2.75) is 208 Å². The lowest BCUT2D eigenvalue weighted by Crippen LogP contribution is -2.44. The minimum Gasteiger partial charge on any atom is -0.493 e. The summed E-state index contributed by atoms with van der Waals surface area (Å²) in [5.74, 6) is 1.34. The molecule has 0 bridgehead atoms. The molecule has 0 aromatic heterocycles. The first-order valence-electron chi connectivity index (χ1n) is 24.9. The average molecular weight is 919 g/mol. The maximum absolute atomic E-state index is 11.0. The van der Waals surface area contributed by atoms with Gasteiger partial charge in [0.1, 0.15) is 11.5 Å². The lowest BCUT2D eigenvalue weighted by Gasteiger charge is -2.43. The number of unbranched alkanes of at least 4 members (excludes halogenated alkanes) is 2. The summed E-state index contributed by atoms with van der Waals surface area (Å²) >= 11 is 0. The van der Waals surface area contributed by atoms with Gasteiger partial charge in [-0.25, -0.2) is 0 Å². The number of ether oxygens (including phenoxy) is 6. The van der Waals surface area contributed by atoms with Gasteiger partial charge in [-0.15, -0.1) is 0 Å². The molecule has 8 nitrogen and oxygen atoms in total. The largest absolute Gasteiger partial charge is 0.493 e. The van der Waals surface area contributed by atoms with E-state index in [9.17, 15) is 10.2 Å². The Morgan fingerprint density at radius 3 is 1.08 bits per heavy atom. The van der Waals surface area contributed by atoms with Gasteiger partial charge in [-0.1, -0.05) is 107 Å². The molecule has 0 radical (unpaired) electrons. The number of hydrogen-bond donors (Lipinski definition) is 2. The molecular weight excluding hydrogens is 825 g/mol. The molecule has 2 N–H and O–H groups in total. The fraction of sp³-hybridized carbons (Fsp3) is 0.690. The Hall–Kier alpha value is -2.98. The second-order valence-corrected chi connectivity index (χ2v) is 23.4. The molecule has 0 fully saturated rings. The molecule has 0 aliphatic rings. The maximum atomic E-state index is 11.0. The first kappa shape index (κ1) is 57.3. The molecule has 0 heterocycles. The lowest BCUT2D eigenvalue weighted by atomic mass is 9.73. The number of benzene rings is 3. The van der Waals surface area contributed by atoms with Crippen LogP contribution in [-0.4, -0.2) is 83.5 Å². The molecule has 2 unspecified atom stereocenters. The summed E-state index contributed by atoms with van der Waals surface area (Å²) in [4.78, 5) is 0. The molecule has 3 aromatic rings. The van der Waals surface area contributed by atoms with Gasteiger partial charge in [0, 0.05) is 44.0 Å². The van der Waals surface area contributed by atoms with Crippen LogP contribution in [0.1, 0.15) is 185 Å². The molecule has 0 spiro atoms.